The highest BCUT2D eigenvalue weighted by Crippen LogP contribution is 2.20. The second-order valence-corrected chi connectivity index (χ2v) is 4.08. The first-order valence-electron chi connectivity index (χ1n) is 5.69. The van der Waals surface area contributed by atoms with Crippen molar-refractivity contribution in [1.29, 1.82) is 0 Å². The van der Waals surface area contributed by atoms with Gasteiger partial charge in [-0.05, 0) is 42.7 Å². The Morgan fingerprint density at radius 3 is 2.44 bits per heavy atom. The van der Waals surface area contributed by atoms with Crippen LogP contribution in [0.5, 0.6) is 0 Å². The van der Waals surface area contributed by atoms with Crippen LogP contribution in [-0.2, 0) is 6.42 Å². The Morgan fingerprint density at radius 1 is 1.11 bits per heavy atom. The minimum atomic E-state index is -0.891. The molecule has 2 nitrogen and oxygen atoms in total. The van der Waals surface area contributed by atoms with Crippen molar-refractivity contribution in [2.45, 2.75) is 18.9 Å². The van der Waals surface area contributed by atoms with Crippen molar-refractivity contribution < 1.29 is 13.9 Å². The van der Waals surface area contributed by atoms with E-state index in [4.69, 9.17) is 0 Å². The van der Waals surface area contributed by atoms with Gasteiger partial charge in [-0.15, -0.1) is 0 Å². The van der Waals surface area contributed by atoms with E-state index in [1.807, 2.05) is 18.2 Å². The van der Waals surface area contributed by atoms with E-state index in [0.717, 1.165) is 23.9 Å². The molecule has 2 rings (SSSR count). The highest BCUT2D eigenvalue weighted by atomic mass is 19.1. The van der Waals surface area contributed by atoms with Crippen LogP contribution < -0.4 is 0 Å². The number of aliphatic hydroxyl groups is 1. The zero-order valence-corrected chi connectivity index (χ0v) is 9.68. The van der Waals surface area contributed by atoms with Crippen molar-refractivity contribution in [3.63, 3.8) is 0 Å². The van der Waals surface area contributed by atoms with E-state index in [1.165, 1.54) is 0 Å². The molecule has 1 atom stereocenters. The summed E-state index contributed by atoms with van der Waals surface area (Å²) in [5.41, 5.74) is 1.09. The smallest absolute Gasteiger partial charge is 0.126 e. The molecule has 1 aromatic carbocycles. The number of benzene rings is 1. The average Bonchev–Trinajstić information content (AvgIpc) is 2.36. The minimum absolute atomic E-state index is 0.253. The minimum Gasteiger partial charge on any atom is -0.388 e. The maximum absolute atomic E-state index is 13.0. The fourth-order valence-corrected chi connectivity index (χ4v) is 1.76. The molecule has 0 aliphatic carbocycles. The lowest BCUT2D eigenvalue weighted by Crippen LogP contribution is -2.02. The molecule has 0 spiro atoms. The molecule has 0 aliphatic rings. The van der Waals surface area contributed by atoms with E-state index in [2.05, 4.69) is 4.98 Å². The molecule has 0 radical (unpaired) electrons. The van der Waals surface area contributed by atoms with Gasteiger partial charge in [-0.2, -0.15) is 0 Å². The van der Waals surface area contributed by atoms with E-state index < -0.39 is 17.7 Å². The molecule has 94 valence electrons. The maximum Gasteiger partial charge on any atom is 0.126 e. The number of pyridine rings is 1. The first kappa shape index (κ1) is 12.6. The summed E-state index contributed by atoms with van der Waals surface area (Å²) in [6, 6.07) is 8.59. The number of halogens is 2. The Hall–Kier alpha value is -1.81. The number of aryl methyl sites for hydroxylation is 1. The topological polar surface area (TPSA) is 33.1 Å². The molecular formula is C14H13F2NO. The number of hydrogen-bond donors (Lipinski definition) is 1. The maximum atomic E-state index is 13.0. The Balaban J connectivity index is 2.01. The second-order valence-electron chi connectivity index (χ2n) is 4.08. The third kappa shape index (κ3) is 3.34. The van der Waals surface area contributed by atoms with E-state index in [1.54, 1.807) is 6.20 Å². The summed E-state index contributed by atoms with van der Waals surface area (Å²) in [5.74, 6) is -1.36. The number of rotatable bonds is 4. The number of nitrogens with zero attached hydrogens (tertiary/aromatic N) is 1. The van der Waals surface area contributed by atoms with Gasteiger partial charge in [0.15, 0.2) is 0 Å². The average molecular weight is 249 g/mol. The van der Waals surface area contributed by atoms with Gasteiger partial charge in [0.05, 0.1) is 6.10 Å². The van der Waals surface area contributed by atoms with Gasteiger partial charge in [-0.25, -0.2) is 8.78 Å². The van der Waals surface area contributed by atoms with Crippen molar-refractivity contribution >= 4 is 0 Å². The SMILES string of the molecule is OC(CCc1ccccn1)c1cc(F)cc(F)c1. The zero-order chi connectivity index (χ0) is 13.0. The highest BCUT2D eigenvalue weighted by Gasteiger charge is 2.10. The molecule has 18 heavy (non-hydrogen) atoms. The van der Waals surface area contributed by atoms with Crippen molar-refractivity contribution in [1.82, 2.24) is 4.98 Å². The molecule has 0 amide bonds. The van der Waals surface area contributed by atoms with Crippen LogP contribution in [0.15, 0.2) is 42.6 Å². The fourth-order valence-electron chi connectivity index (χ4n) is 1.76. The Morgan fingerprint density at radius 2 is 1.83 bits per heavy atom. The normalized spacial score (nSPS) is 12.4. The number of aromatic nitrogens is 1. The van der Waals surface area contributed by atoms with E-state index in [0.29, 0.717) is 12.8 Å². The summed E-state index contributed by atoms with van der Waals surface area (Å²) in [6.07, 6.45) is 1.71. The first-order valence-corrected chi connectivity index (χ1v) is 5.69. The first-order chi connectivity index (χ1) is 8.65. The van der Waals surface area contributed by atoms with Gasteiger partial charge in [0.25, 0.3) is 0 Å². The molecule has 1 heterocycles. The zero-order valence-electron chi connectivity index (χ0n) is 9.68. The lowest BCUT2D eigenvalue weighted by atomic mass is 10.0. The standard InChI is InChI=1S/C14H13F2NO/c15-11-7-10(8-12(16)9-11)14(18)5-4-13-3-1-2-6-17-13/h1-3,6-9,14,18H,4-5H2. The van der Waals surface area contributed by atoms with Gasteiger partial charge in [-0.1, -0.05) is 6.07 Å². The molecule has 4 heteroatoms. The third-order valence-electron chi connectivity index (χ3n) is 2.67. The van der Waals surface area contributed by atoms with Gasteiger partial charge < -0.3 is 5.11 Å². The summed E-state index contributed by atoms with van der Waals surface area (Å²) in [5, 5.41) is 9.87. The molecule has 1 unspecified atom stereocenters. The van der Waals surface area contributed by atoms with Crippen molar-refractivity contribution in [2.24, 2.45) is 0 Å². The van der Waals surface area contributed by atoms with E-state index in [-0.39, 0.29) is 5.56 Å². The van der Waals surface area contributed by atoms with Gasteiger partial charge in [-0.3, -0.25) is 4.98 Å². The lowest BCUT2D eigenvalue weighted by Gasteiger charge is -2.10. The quantitative estimate of drug-likeness (QED) is 0.903. The molecule has 0 aliphatic heterocycles. The molecule has 0 fully saturated rings. The summed E-state index contributed by atoms with van der Waals surface area (Å²) in [6.45, 7) is 0. The van der Waals surface area contributed by atoms with Crippen LogP contribution in [0.1, 0.15) is 23.8 Å². The summed E-state index contributed by atoms with van der Waals surface area (Å²) < 4.78 is 26.0. The molecule has 1 N–H and O–H groups in total. The van der Waals surface area contributed by atoms with Crippen molar-refractivity contribution in [3.05, 3.63) is 65.5 Å². The van der Waals surface area contributed by atoms with Crippen LogP contribution in [0.25, 0.3) is 0 Å². The van der Waals surface area contributed by atoms with Crippen molar-refractivity contribution in [3.8, 4) is 0 Å². The Kier molecular flexibility index (Phi) is 3.99. The van der Waals surface area contributed by atoms with Crippen LogP contribution in [0.2, 0.25) is 0 Å². The predicted octanol–water partition coefficient (Wildman–Crippen LogP) is 3.03. The molecule has 0 saturated heterocycles. The predicted molar refractivity (Wildman–Crippen MR) is 63.9 cm³/mol. The third-order valence-corrected chi connectivity index (χ3v) is 2.67. The summed E-state index contributed by atoms with van der Waals surface area (Å²) >= 11 is 0. The number of aliphatic hydroxyl groups excluding tert-OH is 1. The van der Waals surface area contributed by atoms with Crippen LogP contribution in [0, 0.1) is 11.6 Å². The molecule has 1 aromatic heterocycles. The van der Waals surface area contributed by atoms with Gasteiger partial charge in [0.1, 0.15) is 11.6 Å². The van der Waals surface area contributed by atoms with E-state index in [9.17, 15) is 13.9 Å². The van der Waals surface area contributed by atoms with E-state index >= 15 is 0 Å². The molecular weight excluding hydrogens is 236 g/mol. The second kappa shape index (κ2) is 5.69. The Bertz CT molecular complexity index is 496. The van der Waals surface area contributed by atoms with Gasteiger partial charge in [0.2, 0.25) is 0 Å². The fraction of sp³-hybridized carbons (Fsp3) is 0.214. The van der Waals surface area contributed by atoms with Crippen LogP contribution in [0.3, 0.4) is 0 Å². The molecule has 0 bridgehead atoms. The van der Waals surface area contributed by atoms with Crippen LogP contribution in [-0.4, -0.2) is 10.1 Å². The van der Waals surface area contributed by atoms with Crippen molar-refractivity contribution in [2.75, 3.05) is 0 Å². The Labute approximate surface area is 104 Å². The monoisotopic (exact) mass is 249 g/mol. The van der Waals surface area contributed by atoms with Gasteiger partial charge in [0, 0.05) is 18.0 Å². The summed E-state index contributed by atoms with van der Waals surface area (Å²) in [4.78, 5) is 4.12. The van der Waals surface area contributed by atoms with Crippen LogP contribution in [0.4, 0.5) is 8.78 Å². The lowest BCUT2D eigenvalue weighted by molar-refractivity contribution is 0.166. The molecule has 2 aromatic rings. The van der Waals surface area contributed by atoms with Crippen LogP contribution >= 0.6 is 0 Å². The summed E-state index contributed by atoms with van der Waals surface area (Å²) in [7, 11) is 0. The number of hydrogen-bond acceptors (Lipinski definition) is 2. The molecule has 0 saturated carbocycles. The van der Waals surface area contributed by atoms with Gasteiger partial charge >= 0.3 is 0 Å². The highest BCUT2D eigenvalue weighted by molar-refractivity contribution is 5.20. The largest absolute Gasteiger partial charge is 0.388 e.